The Morgan fingerprint density at radius 3 is 2.32 bits per heavy atom. The normalized spacial score (nSPS) is 15.5. The first-order valence-corrected chi connectivity index (χ1v) is 9.15. The van der Waals surface area contributed by atoms with Crippen molar-refractivity contribution in [2.45, 2.75) is 11.3 Å². The van der Waals surface area contributed by atoms with Gasteiger partial charge < -0.3 is 19.3 Å². The lowest BCUT2D eigenvalue weighted by Gasteiger charge is -2.22. The second-order valence-electron chi connectivity index (χ2n) is 5.51. The van der Waals surface area contributed by atoms with Gasteiger partial charge in [-0.25, -0.2) is 18.4 Å². The topological polar surface area (TPSA) is 119 Å². The number of hydrogen-bond donors (Lipinski definition) is 1. The molecule has 2 amide bonds. The van der Waals surface area contributed by atoms with E-state index in [4.69, 9.17) is 14.6 Å². The number of primary sulfonamides is 1. The number of hydrogen-bond acceptors (Lipinski definition) is 6. The molecule has 0 bridgehead atoms. The number of rotatable bonds is 3. The van der Waals surface area contributed by atoms with Crippen molar-refractivity contribution < 1.29 is 27.5 Å². The van der Waals surface area contributed by atoms with Crippen LogP contribution in [-0.2, 0) is 14.8 Å². The minimum atomic E-state index is -3.94. The van der Waals surface area contributed by atoms with Crippen LogP contribution in [0.3, 0.4) is 0 Å². The summed E-state index contributed by atoms with van der Waals surface area (Å²) in [6.07, 6.45) is 0.140. The average molecular weight is 371 g/mol. The summed E-state index contributed by atoms with van der Waals surface area (Å²) >= 11 is 0. The molecule has 1 aromatic rings. The number of methoxy groups -OCH3 is 2. The van der Waals surface area contributed by atoms with E-state index >= 15 is 0 Å². The minimum Gasteiger partial charge on any atom is -0.496 e. The van der Waals surface area contributed by atoms with Crippen LogP contribution >= 0.6 is 0 Å². The Labute approximate surface area is 146 Å². The number of amides is 2. The second-order valence-corrected chi connectivity index (χ2v) is 7.07. The Morgan fingerprint density at radius 2 is 1.72 bits per heavy atom. The van der Waals surface area contributed by atoms with Crippen molar-refractivity contribution in [3.8, 4) is 5.75 Å². The predicted octanol–water partition coefficient (Wildman–Crippen LogP) is 0.257. The summed E-state index contributed by atoms with van der Waals surface area (Å²) in [4.78, 5) is 27.4. The number of nitrogens with zero attached hydrogens (tertiary/aromatic N) is 2. The third-order valence-corrected chi connectivity index (χ3v) is 4.86. The van der Waals surface area contributed by atoms with Gasteiger partial charge in [-0.2, -0.15) is 0 Å². The Kier molecular flexibility index (Phi) is 5.85. The van der Waals surface area contributed by atoms with Crippen molar-refractivity contribution in [2.75, 3.05) is 40.4 Å². The molecule has 1 heterocycles. The Hall–Kier alpha value is -2.33. The average Bonchev–Trinajstić information content (AvgIpc) is 2.85. The quantitative estimate of drug-likeness (QED) is 0.814. The zero-order chi connectivity index (χ0) is 18.6. The van der Waals surface area contributed by atoms with E-state index in [0.717, 1.165) is 0 Å². The molecule has 0 radical (unpaired) electrons. The Morgan fingerprint density at radius 1 is 1.08 bits per heavy atom. The molecule has 1 fully saturated rings. The molecule has 2 N–H and O–H groups in total. The largest absolute Gasteiger partial charge is 0.496 e. The third-order valence-electron chi connectivity index (χ3n) is 3.95. The lowest BCUT2D eigenvalue weighted by atomic mass is 10.1. The molecule has 1 aliphatic heterocycles. The van der Waals surface area contributed by atoms with Gasteiger partial charge in [0.05, 0.1) is 24.7 Å². The molecule has 10 heteroatoms. The van der Waals surface area contributed by atoms with Crippen molar-refractivity contribution >= 4 is 22.0 Å². The van der Waals surface area contributed by atoms with E-state index < -0.39 is 16.1 Å². The monoisotopic (exact) mass is 371 g/mol. The molecule has 2 rings (SSSR count). The molecule has 138 valence electrons. The van der Waals surface area contributed by atoms with Crippen LogP contribution < -0.4 is 9.88 Å². The van der Waals surface area contributed by atoms with E-state index in [2.05, 4.69) is 0 Å². The molecular weight excluding hydrogens is 350 g/mol. The van der Waals surface area contributed by atoms with Gasteiger partial charge in [0.1, 0.15) is 5.75 Å². The highest BCUT2D eigenvalue weighted by Crippen LogP contribution is 2.24. The lowest BCUT2D eigenvalue weighted by Crippen LogP contribution is -2.37. The van der Waals surface area contributed by atoms with Crippen molar-refractivity contribution in [3.63, 3.8) is 0 Å². The van der Waals surface area contributed by atoms with Crippen molar-refractivity contribution in [2.24, 2.45) is 5.14 Å². The zero-order valence-electron chi connectivity index (χ0n) is 14.1. The maximum atomic E-state index is 12.8. The van der Waals surface area contributed by atoms with Gasteiger partial charge in [-0.3, -0.25) is 4.79 Å². The summed E-state index contributed by atoms with van der Waals surface area (Å²) in [5.41, 5.74) is 0.112. The highest BCUT2D eigenvalue weighted by atomic mass is 32.2. The molecule has 0 aromatic heterocycles. The van der Waals surface area contributed by atoms with E-state index in [-0.39, 0.29) is 22.1 Å². The summed E-state index contributed by atoms with van der Waals surface area (Å²) in [5.74, 6) is -0.125. The molecule has 0 spiro atoms. The summed E-state index contributed by atoms with van der Waals surface area (Å²) < 4.78 is 33.0. The van der Waals surface area contributed by atoms with Crippen LogP contribution in [-0.4, -0.2) is 70.6 Å². The van der Waals surface area contributed by atoms with Gasteiger partial charge in [-0.15, -0.1) is 0 Å². The Balaban J connectivity index is 2.26. The summed E-state index contributed by atoms with van der Waals surface area (Å²) in [6, 6.07) is 3.89. The summed E-state index contributed by atoms with van der Waals surface area (Å²) in [6.45, 7) is 1.53. The number of carbonyl (C=O) groups excluding carboxylic acids is 2. The zero-order valence-corrected chi connectivity index (χ0v) is 14.9. The Bertz CT molecular complexity index is 765. The van der Waals surface area contributed by atoms with E-state index in [1.807, 2.05) is 0 Å². The van der Waals surface area contributed by atoms with Crippen LogP contribution in [0.1, 0.15) is 16.8 Å². The smallest absolute Gasteiger partial charge is 0.409 e. The van der Waals surface area contributed by atoms with Gasteiger partial charge in [-0.1, -0.05) is 0 Å². The number of nitrogens with two attached hydrogens (primary N) is 1. The van der Waals surface area contributed by atoms with E-state index in [1.165, 1.54) is 37.3 Å². The van der Waals surface area contributed by atoms with Gasteiger partial charge in [0.15, 0.2) is 0 Å². The maximum absolute atomic E-state index is 12.8. The molecular formula is C15H21N3O6S. The number of benzene rings is 1. The molecule has 1 aromatic carbocycles. The molecule has 0 unspecified atom stereocenters. The van der Waals surface area contributed by atoms with Crippen molar-refractivity contribution in [1.82, 2.24) is 9.80 Å². The molecule has 0 atom stereocenters. The van der Waals surface area contributed by atoms with Gasteiger partial charge in [0, 0.05) is 26.2 Å². The summed E-state index contributed by atoms with van der Waals surface area (Å²) in [5, 5.41) is 5.14. The molecule has 1 aliphatic rings. The first-order valence-electron chi connectivity index (χ1n) is 7.61. The minimum absolute atomic E-state index is 0.112. The first-order chi connectivity index (χ1) is 11.8. The van der Waals surface area contributed by atoms with E-state index in [1.54, 1.807) is 4.90 Å². The van der Waals surface area contributed by atoms with Gasteiger partial charge >= 0.3 is 6.09 Å². The van der Waals surface area contributed by atoms with Crippen LogP contribution in [0.25, 0.3) is 0 Å². The fraction of sp³-hybridized carbons (Fsp3) is 0.467. The van der Waals surface area contributed by atoms with Gasteiger partial charge in [0.25, 0.3) is 5.91 Å². The highest BCUT2D eigenvalue weighted by Gasteiger charge is 2.26. The fourth-order valence-corrected chi connectivity index (χ4v) is 3.17. The molecule has 0 aliphatic carbocycles. The van der Waals surface area contributed by atoms with Gasteiger partial charge in [0.2, 0.25) is 10.0 Å². The predicted molar refractivity (Wildman–Crippen MR) is 88.9 cm³/mol. The van der Waals surface area contributed by atoms with Crippen LogP contribution in [0.4, 0.5) is 4.79 Å². The summed E-state index contributed by atoms with van der Waals surface area (Å²) in [7, 11) is -1.24. The van der Waals surface area contributed by atoms with Crippen molar-refractivity contribution in [1.29, 1.82) is 0 Å². The van der Waals surface area contributed by atoms with Gasteiger partial charge in [-0.05, 0) is 24.6 Å². The lowest BCUT2D eigenvalue weighted by molar-refractivity contribution is 0.0753. The number of ether oxygens (including phenoxy) is 2. The third kappa shape index (κ3) is 4.40. The molecule has 9 nitrogen and oxygen atoms in total. The van der Waals surface area contributed by atoms with Crippen LogP contribution in [0, 0.1) is 0 Å². The van der Waals surface area contributed by atoms with Crippen molar-refractivity contribution in [3.05, 3.63) is 23.8 Å². The second kappa shape index (κ2) is 7.70. The van der Waals surface area contributed by atoms with Crippen LogP contribution in [0.2, 0.25) is 0 Å². The van der Waals surface area contributed by atoms with E-state index in [0.29, 0.717) is 32.6 Å². The van der Waals surface area contributed by atoms with Crippen LogP contribution in [0.15, 0.2) is 23.1 Å². The number of sulfonamides is 1. The first kappa shape index (κ1) is 19.0. The highest BCUT2D eigenvalue weighted by molar-refractivity contribution is 7.89. The number of carbonyl (C=O) groups is 2. The van der Waals surface area contributed by atoms with E-state index in [9.17, 15) is 18.0 Å². The molecule has 0 saturated carbocycles. The van der Waals surface area contributed by atoms with Crippen LogP contribution in [0.5, 0.6) is 5.75 Å². The maximum Gasteiger partial charge on any atom is 0.409 e. The SMILES string of the molecule is COC(=O)N1CCCN(C(=O)c2cc(S(N)(=O)=O)ccc2OC)CC1. The molecule has 25 heavy (non-hydrogen) atoms. The standard InChI is InChI=1S/C15H21N3O6S/c1-23-13-5-4-11(25(16,21)22)10-12(13)14(19)17-6-3-7-18(9-8-17)15(20)24-2/h4-5,10H,3,6-9H2,1-2H3,(H2,16,21,22). The molecule has 1 saturated heterocycles. The fourth-order valence-electron chi connectivity index (χ4n) is 2.63.